The second-order valence-electron chi connectivity index (χ2n) is 4.74. The smallest absolute Gasteiger partial charge is 0.121 e. The van der Waals surface area contributed by atoms with E-state index in [1.165, 1.54) is 12.8 Å². The van der Waals surface area contributed by atoms with Crippen molar-refractivity contribution in [2.75, 3.05) is 13.7 Å². The lowest BCUT2D eigenvalue weighted by molar-refractivity contribution is 0.104. The van der Waals surface area contributed by atoms with Crippen LogP contribution in [0.5, 0.6) is 5.75 Å². The van der Waals surface area contributed by atoms with Crippen LogP contribution < -0.4 is 4.74 Å². The maximum absolute atomic E-state index is 5.62. The lowest BCUT2D eigenvalue weighted by Crippen LogP contribution is -2.06. The molecule has 0 amide bonds. The van der Waals surface area contributed by atoms with Gasteiger partial charge in [-0.3, -0.25) is 0 Å². The Balaban J connectivity index is 1.72. The number of ether oxygens (including phenoxy) is 2. The molecule has 1 aliphatic heterocycles. The van der Waals surface area contributed by atoms with Crippen LogP contribution in [0.3, 0.4) is 0 Å². The Morgan fingerprint density at radius 3 is 3.22 bits per heavy atom. The number of hydrogen-bond donors (Lipinski definition) is 1. The molecule has 1 fully saturated rings. The number of fused-ring (bicyclic) bond motifs is 1. The summed E-state index contributed by atoms with van der Waals surface area (Å²) in [6, 6.07) is 5.91. The number of H-pyrrole nitrogens is 1. The first-order chi connectivity index (χ1) is 8.85. The highest BCUT2D eigenvalue weighted by Gasteiger charge is 2.15. The van der Waals surface area contributed by atoms with Crippen LogP contribution in [-0.4, -0.2) is 29.8 Å². The summed E-state index contributed by atoms with van der Waals surface area (Å²) in [6.45, 7) is 0.919. The minimum absolute atomic E-state index is 0.424. The molecule has 1 N–H and O–H groups in total. The van der Waals surface area contributed by atoms with Crippen molar-refractivity contribution in [3.8, 4) is 5.75 Å². The van der Waals surface area contributed by atoms with Crippen LogP contribution in [0.4, 0.5) is 0 Å². The zero-order valence-electron chi connectivity index (χ0n) is 10.6. The number of aromatic nitrogens is 2. The summed E-state index contributed by atoms with van der Waals surface area (Å²) in [4.78, 5) is 7.93. The van der Waals surface area contributed by atoms with E-state index in [4.69, 9.17) is 9.47 Å². The predicted molar refractivity (Wildman–Crippen MR) is 69.9 cm³/mol. The molecule has 0 radical (unpaired) electrons. The van der Waals surface area contributed by atoms with E-state index in [9.17, 15) is 0 Å². The van der Waals surface area contributed by atoms with Gasteiger partial charge in [0.1, 0.15) is 11.6 Å². The van der Waals surface area contributed by atoms with Crippen LogP contribution >= 0.6 is 0 Å². The first-order valence-corrected chi connectivity index (χ1v) is 6.49. The number of rotatable bonds is 4. The van der Waals surface area contributed by atoms with Crippen molar-refractivity contribution in [2.24, 2.45) is 0 Å². The highest BCUT2D eigenvalue weighted by Crippen LogP contribution is 2.21. The third-order valence-corrected chi connectivity index (χ3v) is 3.47. The minimum atomic E-state index is 0.424. The quantitative estimate of drug-likeness (QED) is 0.902. The van der Waals surface area contributed by atoms with Gasteiger partial charge in [0, 0.05) is 19.1 Å². The molecule has 1 aromatic heterocycles. The van der Waals surface area contributed by atoms with E-state index in [1.54, 1.807) is 7.11 Å². The van der Waals surface area contributed by atoms with Crippen molar-refractivity contribution in [1.29, 1.82) is 0 Å². The maximum atomic E-state index is 5.62. The molecular formula is C14H18N2O2. The van der Waals surface area contributed by atoms with Crippen LogP contribution in [0.2, 0.25) is 0 Å². The van der Waals surface area contributed by atoms with E-state index in [2.05, 4.69) is 9.97 Å². The molecule has 0 bridgehead atoms. The monoisotopic (exact) mass is 246 g/mol. The predicted octanol–water partition coefficient (Wildman–Crippen LogP) is 2.68. The number of benzene rings is 1. The molecule has 1 atom stereocenters. The van der Waals surface area contributed by atoms with Gasteiger partial charge in [-0.05, 0) is 31.4 Å². The molecule has 4 heteroatoms. The standard InChI is InChI=1S/C14H18N2O2/c1-17-11-4-6-12-13(9-11)16-14(15-12)7-5-10-3-2-8-18-10/h4,6,9-10H,2-3,5,7-8H2,1H3,(H,15,16). The minimum Gasteiger partial charge on any atom is -0.497 e. The Morgan fingerprint density at radius 1 is 1.50 bits per heavy atom. The molecular weight excluding hydrogens is 228 g/mol. The fraction of sp³-hybridized carbons (Fsp3) is 0.500. The first-order valence-electron chi connectivity index (χ1n) is 6.49. The van der Waals surface area contributed by atoms with Gasteiger partial charge < -0.3 is 14.5 Å². The molecule has 1 saturated heterocycles. The molecule has 2 aromatic rings. The largest absolute Gasteiger partial charge is 0.497 e. The van der Waals surface area contributed by atoms with Gasteiger partial charge >= 0.3 is 0 Å². The molecule has 18 heavy (non-hydrogen) atoms. The second-order valence-corrected chi connectivity index (χ2v) is 4.74. The number of aromatic amines is 1. The number of imidazole rings is 1. The third kappa shape index (κ3) is 2.34. The zero-order valence-corrected chi connectivity index (χ0v) is 10.6. The fourth-order valence-electron chi connectivity index (χ4n) is 2.46. The average Bonchev–Trinajstić information content (AvgIpc) is 3.04. The normalized spacial score (nSPS) is 19.5. The van der Waals surface area contributed by atoms with Gasteiger partial charge in [0.2, 0.25) is 0 Å². The topological polar surface area (TPSA) is 47.1 Å². The van der Waals surface area contributed by atoms with Gasteiger partial charge in [-0.15, -0.1) is 0 Å². The highest BCUT2D eigenvalue weighted by atomic mass is 16.5. The van der Waals surface area contributed by atoms with Gasteiger partial charge in [-0.1, -0.05) is 0 Å². The van der Waals surface area contributed by atoms with Crippen molar-refractivity contribution in [2.45, 2.75) is 31.8 Å². The van der Waals surface area contributed by atoms with E-state index in [1.807, 2.05) is 18.2 Å². The zero-order chi connectivity index (χ0) is 12.4. The Kier molecular flexibility index (Phi) is 3.19. The number of nitrogens with one attached hydrogen (secondary N) is 1. The molecule has 0 saturated carbocycles. The summed E-state index contributed by atoms with van der Waals surface area (Å²) >= 11 is 0. The van der Waals surface area contributed by atoms with Crippen molar-refractivity contribution in [1.82, 2.24) is 9.97 Å². The molecule has 0 aliphatic carbocycles. The van der Waals surface area contributed by atoms with Crippen molar-refractivity contribution in [3.63, 3.8) is 0 Å². The van der Waals surface area contributed by atoms with Crippen LogP contribution in [0.25, 0.3) is 11.0 Å². The summed E-state index contributed by atoms with van der Waals surface area (Å²) in [5.41, 5.74) is 2.04. The van der Waals surface area contributed by atoms with Crippen LogP contribution in [0.1, 0.15) is 25.1 Å². The van der Waals surface area contributed by atoms with E-state index >= 15 is 0 Å². The number of aryl methyl sites for hydroxylation is 1. The molecule has 1 unspecified atom stereocenters. The molecule has 1 aliphatic rings. The maximum Gasteiger partial charge on any atom is 0.121 e. The highest BCUT2D eigenvalue weighted by molar-refractivity contribution is 5.76. The summed E-state index contributed by atoms with van der Waals surface area (Å²) in [7, 11) is 1.68. The van der Waals surface area contributed by atoms with Gasteiger partial charge in [-0.2, -0.15) is 0 Å². The van der Waals surface area contributed by atoms with Crippen molar-refractivity contribution >= 4 is 11.0 Å². The molecule has 3 rings (SSSR count). The number of methoxy groups -OCH3 is 1. The van der Waals surface area contributed by atoms with E-state index in [0.717, 1.165) is 42.1 Å². The number of hydrogen-bond acceptors (Lipinski definition) is 3. The molecule has 4 nitrogen and oxygen atoms in total. The molecule has 1 aromatic carbocycles. The van der Waals surface area contributed by atoms with E-state index in [-0.39, 0.29) is 0 Å². The number of nitrogens with zero attached hydrogens (tertiary/aromatic N) is 1. The van der Waals surface area contributed by atoms with Gasteiger partial charge in [0.25, 0.3) is 0 Å². The third-order valence-electron chi connectivity index (χ3n) is 3.47. The summed E-state index contributed by atoms with van der Waals surface area (Å²) in [5.74, 6) is 1.89. The summed E-state index contributed by atoms with van der Waals surface area (Å²) in [6.07, 6.45) is 4.81. The molecule has 96 valence electrons. The molecule has 2 heterocycles. The van der Waals surface area contributed by atoms with E-state index < -0.39 is 0 Å². The summed E-state index contributed by atoms with van der Waals surface area (Å²) in [5, 5.41) is 0. The lowest BCUT2D eigenvalue weighted by Gasteiger charge is -2.06. The summed E-state index contributed by atoms with van der Waals surface area (Å²) < 4.78 is 10.8. The van der Waals surface area contributed by atoms with Crippen LogP contribution in [-0.2, 0) is 11.2 Å². The Labute approximate surface area is 106 Å². The van der Waals surface area contributed by atoms with Gasteiger partial charge in [0.15, 0.2) is 0 Å². The Morgan fingerprint density at radius 2 is 2.44 bits per heavy atom. The Hall–Kier alpha value is -1.55. The van der Waals surface area contributed by atoms with Crippen molar-refractivity contribution < 1.29 is 9.47 Å². The van der Waals surface area contributed by atoms with E-state index in [0.29, 0.717) is 6.10 Å². The van der Waals surface area contributed by atoms with Gasteiger partial charge in [0.05, 0.1) is 24.2 Å². The van der Waals surface area contributed by atoms with Crippen LogP contribution in [0.15, 0.2) is 18.2 Å². The van der Waals surface area contributed by atoms with Gasteiger partial charge in [-0.25, -0.2) is 4.98 Å². The van der Waals surface area contributed by atoms with Crippen LogP contribution in [0, 0.1) is 0 Å². The lowest BCUT2D eigenvalue weighted by atomic mass is 10.1. The average molecular weight is 246 g/mol. The van der Waals surface area contributed by atoms with Crippen molar-refractivity contribution in [3.05, 3.63) is 24.0 Å². The SMILES string of the molecule is COc1ccc2nc(CCC3CCCO3)[nH]c2c1. The molecule has 0 spiro atoms. The fourth-order valence-corrected chi connectivity index (χ4v) is 2.46. The Bertz CT molecular complexity index is 530. The second kappa shape index (κ2) is 4.98. The first kappa shape index (κ1) is 11.5.